The molecular weight excluding hydrogens is 316 g/mol. The Morgan fingerprint density at radius 3 is 2.86 bits per heavy atom. The predicted molar refractivity (Wildman–Crippen MR) is 63.8 cm³/mol. The maximum Gasteiger partial charge on any atom is 0.409 e. The van der Waals surface area contributed by atoms with Crippen molar-refractivity contribution in [1.82, 2.24) is 0 Å². The number of rotatable bonds is 3. The van der Waals surface area contributed by atoms with E-state index in [4.69, 9.17) is 22.1 Å². The fourth-order valence-corrected chi connectivity index (χ4v) is 1.81. The van der Waals surface area contributed by atoms with Gasteiger partial charge in [0.05, 0.1) is 0 Å². The number of benzene rings is 1. The Morgan fingerprint density at radius 2 is 2.29 bits per heavy atom. The minimum atomic E-state index is -0.804. The highest BCUT2D eigenvalue weighted by atomic mass is 127. The van der Waals surface area contributed by atoms with Gasteiger partial charge in [0.2, 0.25) is 0 Å². The molecule has 3 nitrogen and oxygen atoms in total. The highest BCUT2D eigenvalue weighted by Gasteiger charge is 2.06. The number of amides is 1. The van der Waals surface area contributed by atoms with E-state index in [1.165, 1.54) is 0 Å². The van der Waals surface area contributed by atoms with Crippen LogP contribution in [-0.4, -0.2) is 12.0 Å². The third kappa shape index (κ3) is 3.34. The molecule has 5 heteroatoms. The van der Waals surface area contributed by atoms with Crippen molar-refractivity contribution in [3.8, 4) is 5.75 Å². The molecule has 1 aromatic rings. The topological polar surface area (TPSA) is 52.3 Å². The van der Waals surface area contributed by atoms with Crippen LogP contribution >= 0.6 is 34.2 Å². The summed E-state index contributed by atoms with van der Waals surface area (Å²) in [5.74, 6) is 0.966. The van der Waals surface area contributed by atoms with Gasteiger partial charge >= 0.3 is 6.09 Å². The van der Waals surface area contributed by atoms with Crippen LogP contribution in [0.25, 0.3) is 0 Å². The molecule has 0 heterocycles. The van der Waals surface area contributed by atoms with Gasteiger partial charge in [0.1, 0.15) is 5.75 Å². The lowest BCUT2D eigenvalue weighted by Gasteiger charge is -2.07. The Kier molecular flexibility index (Phi) is 4.47. The van der Waals surface area contributed by atoms with Crippen LogP contribution in [0.15, 0.2) is 18.2 Å². The fourth-order valence-electron chi connectivity index (χ4n) is 1.05. The number of nitrogens with two attached hydrogens (primary N) is 1. The number of carbonyl (C=O) groups excluding carboxylic acids is 1. The zero-order valence-electron chi connectivity index (χ0n) is 7.30. The van der Waals surface area contributed by atoms with Crippen LogP contribution in [0.1, 0.15) is 5.56 Å². The molecule has 1 aromatic carbocycles. The number of aryl methyl sites for hydroxylation is 1. The molecule has 2 N–H and O–H groups in total. The van der Waals surface area contributed by atoms with Crippen molar-refractivity contribution in [3.63, 3.8) is 0 Å². The van der Waals surface area contributed by atoms with Gasteiger partial charge in [0, 0.05) is 9.45 Å². The standard InChI is InChI=1S/C9H9ClINO2/c10-4-3-6-5-7(11)1-2-8(6)14-9(12)13/h1-2,5H,3-4H2,(H2,12,13). The largest absolute Gasteiger partial charge is 0.410 e. The van der Waals surface area contributed by atoms with Gasteiger partial charge in [-0.15, -0.1) is 11.6 Å². The Hall–Kier alpha value is -0.490. The maximum absolute atomic E-state index is 10.6. The van der Waals surface area contributed by atoms with Crippen LogP contribution in [0, 0.1) is 3.57 Å². The molecule has 0 aliphatic rings. The minimum absolute atomic E-state index is 0.481. The quantitative estimate of drug-likeness (QED) is 0.686. The first kappa shape index (κ1) is 11.6. The number of primary amides is 1. The first-order valence-corrected chi connectivity index (χ1v) is 5.56. The molecule has 0 saturated heterocycles. The van der Waals surface area contributed by atoms with Crippen LogP contribution in [0.2, 0.25) is 0 Å². The van der Waals surface area contributed by atoms with Gasteiger partial charge in [-0.1, -0.05) is 0 Å². The highest BCUT2D eigenvalue weighted by Crippen LogP contribution is 2.22. The molecule has 0 aliphatic carbocycles. The predicted octanol–water partition coefficient (Wildman–Crippen LogP) is 2.53. The van der Waals surface area contributed by atoms with Crippen molar-refractivity contribution in [2.24, 2.45) is 5.73 Å². The molecule has 0 fully saturated rings. The van der Waals surface area contributed by atoms with Gasteiger partial charge in [0.25, 0.3) is 0 Å². The van der Waals surface area contributed by atoms with Crippen molar-refractivity contribution in [2.75, 3.05) is 5.88 Å². The average Bonchev–Trinajstić information content (AvgIpc) is 2.09. The summed E-state index contributed by atoms with van der Waals surface area (Å²) in [7, 11) is 0. The van der Waals surface area contributed by atoms with Gasteiger partial charge < -0.3 is 10.5 Å². The number of ether oxygens (including phenoxy) is 1. The summed E-state index contributed by atoms with van der Waals surface area (Å²) >= 11 is 7.80. The SMILES string of the molecule is NC(=O)Oc1ccc(I)cc1CCCl. The summed E-state index contributed by atoms with van der Waals surface area (Å²) in [6, 6.07) is 5.48. The molecule has 0 radical (unpaired) electrons. The molecule has 14 heavy (non-hydrogen) atoms. The summed E-state index contributed by atoms with van der Waals surface area (Å²) in [5, 5.41) is 0. The molecular formula is C9H9ClINO2. The first-order chi connectivity index (χ1) is 6.63. The Bertz CT molecular complexity index is 344. The zero-order chi connectivity index (χ0) is 10.6. The van der Waals surface area contributed by atoms with E-state index in [2.05, 4.69) is 22.6 Å². The van der Waals surface area contributed by atoms with Crippen LogP contribution in [0.5, 0.6) is 5.75 Å². The summed E-state index contributed by atoms with van der Waals surface area (Å²) in [5.41, 5.74) is 5.83. The molecule has 0 bridgehead atoms. The Labute approximate surface area is 101 Å². The number of halogens is 2. The molecule has 1 rings (SSSR count). The van der Waals surface area contributed by atoms with E-state index >= 15 is 0 Å². The highest BCUT2D eigenvalue weighted by molar-refractivity contribution is 14.1. The molecule has 0 aromatic heterocycles. The second-order valence-electron chi connectivity index (χ2n) is 2.61. The van der Waals surface area contributed by atoms with Crippen LogP contribution in [0.4, 0.5) is 4.79 Å². The lowest BCUT2D eigenvalue weighted by Crippen LogP contribution is -2.17. The van der Waals surface area contributed by atoms with Crippen LogP contribution < -0.4 is 10.5 Å². The molecule has 0 aliphatic heterocycles. The van der Waals surface area contributed by atoms with Gasteiger partial charge in [-0.05, 0) is 52.8 Å². The normalized spacial score (nSPS) is 9.86. The summed E-state index contributed by atoms with van der Waals surface area (Å²) in [6.45, 7) is 0. The maximum atomic E-state index is 10.6. The van der Waals surface area contributed by atoms with Gasteiger partial charge in [-0.3, -0.25) is 0 Å². The molecule has 1 amide bonds. The van der Waals surface area contributed by atoms with Crippen molar-refractivity contribution in [1.29, 1.82) is 0 Å². The third-order valence-electron chi connectivity index (χ3n) is 1.60. The lowest BCUT2D eigenvalue weighted by molar-refractivity contribution is 0.210. The number of hydrogen-bond acceptors (Lipinski definition) is 2. The van der Waals surface area contributed by atoms with E-state index in [9.17, 15) is 4.79 Å². The van der Waals surface area contributed by atoms with Gasteiger partial charge in [0.15, 0.2) is 0 Å². The zero-order valence-corrected chi connectivity index (χ0v) is 10.2. The van der Waals surface area contributed by atoms with E-state index in [0.717, 1.165) is 9.13 Å². The number of carbonyl (C=O) groups is 1. The first-order valence-electron chi connectivity index (χ1n) is 3.95. The van der Waals surface area contributed by atoms with Crippen LogP contribution in [0.3, 0.4) is 0 Å². The van der Waals surface area contributed by atoms with Crippen LogP contribution in [-0.2, 0) is 6.42 Å². The molecule has 0 spiro atoms. The average molecular weight is 326 g/mol. The van der Waals surface area contributed by atoms with Crippen molar-refractivity contribution < 1.29 is 9.53 Å². The fraction of sp³-hybridized carbons (Fsp3) is 0.222. The molecule has 0 atom stereocenters. The van der Waals surface area contributed by atoms with E-state index in [-0.39, 0.29) is 0 Å². The van der Waals surface area contributed by atoms with E-state index in [1.807, 2.05) is 12.1 Å². The van der Waals surface area contributed by atoms with Crippen molar-refractivity contribution >= 4 is 40.3 Å². The smallest absolute Gasteiger partial charge is 0.409 e. The number of hydrogen-bond donors (Lipinski definition) is 1. The van der Waals surface area contributed by atoms with Gasteiger partial charge in [-0.25, -0.2) is 4.79 Å². The van der Waals surface area contributed by atoms with Crippen molar-refractivity contribution in [2.45, 2.75) is 6.42 Å². The Morgan fingerprint density at radius 1 is 1.57 bits per heavy atom. The monoisotopic (exact) mass is 325 g/mol. The number of alkyl halides is 1. The second kappa shape index (κ2) is 5.41. The minimum Gasteiger partial charge on any atom is -0.410 e. The van der Waals surface area contributed by atoms with E-state index in [0.29, 0.717) is 18.1 Å². The van der Waals surface area contributed by atoms with Gasteiger partial charge in [-0.2, -0.15) is 0 Å². The second-order valence-corrected chi connectivity index (χ2v) is 4.24. The lowest BCUT2D eigenvalue weighted by atomic mass is 10.1. The summed E-state index contributed by atoms with van der Waals surface area (Å²) in [6.07, 6.45) is -0.150. The molecule has 76 valence electrons. The van der Waals surface area contributed by atoms with E-state index in [1.54, 1.807) is 6.07 Å². The third-order valence-corrected chi connectivity index (χ3v) is 2.46. The Balaban J connectivity index is 2.95. The van der Waals surface area contributed by atoms with Crippen molar-refractivity contribution in [3.05, 3.63) is 27.3 Å². The summed E-state index contributed by atoms with van der Waals surface area (Å²) in [4.78, 5) is 10.6. The summed E-state index contributed by atoms with van der Waals surface area (Å²) < 4.78 is 5.90. The molecule has 0 unspecified atom stereocenters. The molecule has 0 saturated carbocycles. The van der Waals surface area contributed by atoms with E-state index < -0.39 is 6.09 Å².